The van der Waals surface area contributed by atoms with E-state index < -0.39 is 17.7 Å². The number of unbranched alkanes of at least 4 members (excludes halogenated alkanes) is 1. The lowest BCUT2D eigenvalue weighted by molar-refractivity contribution is -0.132. The Balaban J connectivity index is 1.42. The van der Waals surface area contributed by atoms with Gasteiger partial charge in [0.15, 0.2) is 15.8 Å². The number of rotatable bonds is 12. The smallest absolute Gasteiger partial charge is 0.301 e. The number of hydrogen-bond donors (Lipinski definition) is 1. The molecule has 1 N–H and O–H groups in total. The van der Waals surface area contributed by atoms with Crippen LogP contribution in [0.2, 0.25) is 5.02 Å². The number of carbonyl (C=O) groups excluding carboxylic acids is 2. The zero-order chi connectivity index (χ0) is 33.1. The molecule has 2 aliphatic rings. The maximum Gasteiger partial charge on any atom is 0.301 e. The maximum atomic E-state index is 13.8. The second-order valence-corrected chi connectivity index (χ2v) is 13.8. The van der Waals surface area contributed by atoms with E-state index in [1.165, 1.54) is 28.0 Å². The van der Waals surface area contributed by atoms with Crippen LogP contribution in [0.5, 0.6) is 17.2 Å². The molecule has 12 heteroatoms. The van der Waals surface area contributed by atoms with Crippen LogP contribution in [0.15, 0.2) is 70.6 Å². The largest absolute Gasteiger partial charge is 0.507 e. The molecule has 1 aromatic heterocycles. The molecule has 3 aromatic carbocycles. The molecule has 0 radical (unpaired) electrons. The van der Waals surface area contributed by atoms with Crippen molar-refractivity contribution in [1.29, 1.82) is 0 Å². The minimum Gasteiger partial charge on any atom is -0.507 e. The summed E-state index contributed by atoms with van der Waals surface area (Å²) in [6.45, 7) is 6.83. The number of aliphatic hydroxyl groups excluding tert-OH is 1. The number of ketones is 1. The SMILES string of the molecule is CCCCOc1ccc([C@@H]2C(=C(O)c3ccc4c(c3)C[C@H](C)O4)C(=O)C(=O)N2c2nnc(SCc3ccccc3Cl)s2)cc1OCC. The van der Waals surface area contributed by atoms with Gasteiger partial charge in [0, 0.05) is 22.8 Å². The third-order valence-electron chi connectivity index (χ3n) is 7.86. The Morgan fingerprint density at radius 3 is 2.70 bits per heavy atom. The summed E-state index contributed by atoms with van der Waals surface area (Å²) in [5.41, 5.74) is 2.78. The van der Waals surface area contributed by atoms with Crippen LogP contribution in [0.3, 0.4) is 0 Å². The summed E-state index contributed by atoms with van der Waals surface area (Å²) in [7, 11) is 0. The number of nitrogens with zero attached hydrogens (tertiary/aromatic N) is 3. The van der Waals surface area contributed by atoms with Crippen molar-refractivity contribution in [2.75, 3.05) is 18.1 Å². The number of carbonyl (C=O) groups is 2. The lowest BCUT2D eigenvalue weighted by atomic mass is 9.94. The number of hydrogen-bond acceptors (Lipinski definition) is 10. The Hall–Kier alpha value is -4.06. The Morgan fingerprint density at radius 1 is 1.09 bits per heavy atom. The zero-order valence-electron chi connectivity index (χ0n) is 26.2. The Morgan fingerprint density at radius 2 is 1.91 bits per heavy atom. The Kier molecular flexibility index (Phi) is 10.0. The van der Waals surface area contributed by atoms with Crippen LogP contribution in [-0.2, 0) is 21.8 Å². The summed E-state index contributed by atoms with van der Waals surface area (Å²) < 4.78 is 18.4. The van der Waals surface area contributed by atoms with Gasteiger partial charge in [0.05, 0.1) is 24.8 Å². The van der Waals surface area contributed by atoms with Crippen LogP contribution in [0, 0.1) is 0 Å². The number of amides is 1. The first-order valence-electron chi connectivity index (χ1n) is 15.5. The van der Waals surface area contributed by atoms with Crippen LogP contribution in [0.4, 0.5) is 5.13 Å². The molecule has 1 amide bonds. The van der Waals surface area contributed by atoms with Crippen molar-refractivity contribution in [1.82, 2.24) is 10.2 Å². The van der Waals surface area contributed by atoms with Gasteiger partial charge in [-0.3, -0.25) is 14.5 Å². The van der Waals surface area contributed by atoms with E-state index in [2.05, 4.69) is 17.1 Å². The fourth-order valence-corrected chi connectivity index (χ4v) is 7.75. The number of aliphatic hydroxyl groups is 1. The van der Waals surface area contributed by atoms with E-state index in [4.69, 9.17) is 25.8 Å². The van der Waals surface area contributed by atoms with Gasteiger partial charge in [-0.2, -0.15) is 0 Å². The molecule has 47 heavy (non-hydrogen) atoms. The highest BCUT2D eigenvalue weighted by molar-refractivity contribution is 8.00. The number of Topliss-reactive ketones (excluding diaryl/α,β-unsaturated/α-hetero) is 1. The van der Waals surface area contributed by atoms with Gasteiger partial charge < -0.3 is 19.3 Å². The van der Waals surface area contributed by atoms with Crippen molar-refractivity contribution in [3.8, 4) is 17.2 Å². The van der Waals surface area contributed by atoms with E-state index in [1.54, 1.807) is 30.3 Å². The predicted molar refractivity (Wildman–Crippen MR) is 184 cm³/mol. The fourth-order valence-electron chi connectivity index (χ4n) is 5.59. The van der Waals surface area contributed by atoms with E-state index in [0.717, 1.165) is 29.7 Å². The highest BCUT2D eigenvalue weighted by Gasteiger charge is 2.48. The lowest BCUT2D eigenvalue weighted by Gasteiger charge is -2.23. The van der Waals surface area contributed by atoms with E-state index in [-0.39, 0.29) is 22.6 Å². The molecule has 2 aliphatic heterocycles. The Bertz CT molecular complexity index is 1840. The van der Waals surface area contributed by atoms with E-state index in [0.29, 0.717) is 57.4 Å². The molecule has 0 unspecified atom stereocenters. The number of benzene rings is 3. The number of aromatic nitrogens is 2. The number of ether oxygens (including phenoxy) is 3. The number of thioether (sulfide) groups is 1. The monoisotopic (exact) mass is 691 g/mol. The summed E-state index contributed by atoms with van der Waals surface area (Å²) >= 11 is 8.97. The zero-order valence-corrected chi connectivity index (χ0v) is 28.6. The van der Waals surface area contributed by atoms with Crippen LogP contribution in [0.1, 0.15) is 61.9 Å². The predicted octanol–water partition coefficient (Wildman–Crippen LogP) is 8.01. The molecule has 6 rings (SSSR count). The molecular formula is C35H34ClN3O6S2. The third kappa shape index (κ3) is 6.83. The van der Waals surface area contributed by atoms with Crippen molar-refractivity contribution in [2.45, 2.75) is 62.3 Å². The standard InChI is InChI=1S/C35H34ClN3O6S2/c1-4-6-15-44-27-14-11-21(18-28(27)43-5-2)30-29(31(40)22-12-13-26-24(17-22)16-20(3)45-26)32(41)33(42)39(30)34-37-38-35(47-34)46-19-23-9-7-8-10-25(23)36/h7-14,17-18,20,30,40H,4-6,15-16,19H2,1-3H3/t20-,30+/m0/s1. The van der Waals surface area contributed by atoms with E-state index >= 15 is 0 Å². The summed E-state index contributed by atoms with van der Waals surface area (Å²) in [6, 6.07) is 17.1. The molecule has 9 nitrogen and oxygen atoms in total. The first-order valence-corrected chi connectivity index (χ1v) is 17.7. The van der Waals surface area contributed by atoms with Crippen molar-refractivity contribution in [3.05, 3.63) is 93.5 Å². The summed E-state index contributed by atoms with van der Waals surface area (Å²) in [4.78, 5) is 29.0. The second kappa shape index (κ2) is 14.4. The van der Waals surface area contributed by atoms with E-state index in [9.17, 15) is 14.7 Å². The average Bonchev–Trinajstić information content (AvgIpc) is 3.76. The lowest BCUT2D eigenvalue weighted by Crippen LogP contribution is -2.29. The minimum atomic E-state index is -1.00. The highest BCUT2D eigenvalue weighted by Crippen LogP contribution is 2.46. The second-order valence-electron chi connectivity index (χ2n) is 11.2. The van der Waals surface area contributed by atoms with Gasteiger partial charge in [-0.15, -0.1) is 10.2 Å². The number of halogens is 1. The fraction of sp³-hybridized carbons (Fsp3) is 0.314. The molecular weight excluding hydrogens is 658 g/mol. The minimum absolute atomic E-state index is 0.00501. The van der Waals surface area contributed by atoms with Gasteiger partial charge in [-0.25, -0.2) is 0 Å². The molecule has 0 aliphatic carbocycles. The molecule has 0 bridgehead atoms. The van der Waals surface area contributed by atoms with Crippen molar-refractivity contribution >= 4 is 57.3 Å². The highest BCUT2D eigenvalue weighted by atomic mass is 35.5. The van der Waals surface area contributed by atoms with Crippen LogP contribution >= 0.6 is 34.7 Å². The molecule has 1 fully saturated rings. The maximum absolute atomic E-state index is 13.8. The third-order valence-corrected chi connectivity index (χ3v) is 10.3. The van der Waals surface area contributed by atoms with Crippen LogP contribution in [-0.4, -0.2) is 46.3 Å². The van der Waals surface area contributed by atoms with Crippen LogP contribution in [0.25, 0.3) is 5.76 Å². The molecule has 3 heterocycles. The number of fused-ring (bicyclic) bond motifs is 1. The van der Waals surface area contributed by atoms with Gasteiger partial charge in [0.1, 0.15) is 17.6 Å². The average molecular weight is 692 g/mol. The normalized spacial score (nSPS) is 18.3. The molecule has 0 spiro atoms. The van der Waals surface area contributed by atoms with Crippen LogP contribution < -0.4 is 19.1 Å². The Labute approximate surface area is 286 Å². The summed E-state index contributed by atoms with van der Waals surface area (Å²) in [5, 5.41) is 21.3. The van der Waals surface area contributed by atoms with Crippen molar-refractivity contribution in [2.24, 2.45) is 0 Å². The number of anilines is 1. The molecule has 244 valence electrons. The quantitative estimate of drug-likeness (QED) is 0.0394. The van der Waals surface area contributed by atoms with Gasteiger partial charge in [-0.05, 0) is 73.4 Å². The topological polar surface area (TPSA) is 111 Å². The molecule has 2 atom stereocenters. The van der Waals surface area contributed by atoms with Gasteiger partial charge in [-0.1, -0.05) is 72.3 Å². The van der Waals surface area contributed by atoms with Crippen molar-refractivity contribution < 1.29 is 28.9 Å². The van der Waals surface area contributed by atoms with E-state index in [1.807, 2.05) is 44.2 Å². The van der Waals surface area contributed by atoms with Gasteiger partial charge in [0.2, 0.25) is 5.13 Å². The van der Waals surface area contributed by atoms with Gasteiger partial charge >= 0.3 is 5.91 Å². The molecule has 0 saturated carbocycles. The summed E-state index contributed by atoms with van der Waals surface area (Å²) in [5.74, 6) is 0.411. The molecule has 1 saturated heterocycles. The van der Waals surface area contributed by atoms with Crippen molar-refractivity contribution in [3.63, 3.8) is 0 Å². The summed E-state index contributed by atoms with van der Waals surface area (Å²) in [6.07, 6.45) is 2.53. The first kappa shape index (κ1) is 32.9. The van der Waals surface area contributed by atoms with Gasteiger partial charge in [0.25, 0.3) is 5.78 Å². The first-order chi connectivity index (χ1) is 22.8. The molecule has 4 aromatic rings.